The van der Waals surface area contributed by atoms with Crippen LogP contribution in [0.1, 0.15) is 41.6 Å². The number of nitrogens with one attached hydrogen (secondary N) is 1. The molecule has 8 nitrogen and oxygen atoms in total. The zero-order valence-electron chi connectivity index (χ0n) is 21.4. The van der Waals surface area contributed by atoms with Crippen LogP contribution in [0.3, 0.4) is 0 Å². The van der Waals surface area contributed by atoms with E-state index in [-0.39, 0.29) is 11.9 Å². The van der Waals surface area contributed by atoms with Crippen LogP contribution in [0, 0.1) is 6.92 Å². The second-order valence-corrected chi connectivity index (χ2v) is 9.18. The highest BCUT2D eigenvalue weighted by atomic mass is 16.5. The van der Waals surface area contributed by atoms with Gasteiger partial charge in [0.1, 0.15) is 0 Å². The van der Waals surface area contributed by atoms with E-state index in [4.69, 9.17) is 18.9 Å². The van der Waals surface area contributed by atoms with E-state index < -0.39 is 0 Å². The van der Waals surface area contributed by atoms with E-state index in [0.29, 0.717) is 54.9 Å². The number of benzene rings is 2. The SMILES string of the molecule is C=Nc1cc(OCCCCCOc2cc3c(cc2OC)C(=O)N2CC(=C)CC2CN3)c(OC)cc1C. The number of amides is 1. The lowest BCUT2D eigenvalue weighted by Gasteiger charge is -2.21. The molecule has 4 rings (SSSR count). The van der Waals surface area contributed by atoms with Gasteiger partial charge in [-0.3, -0.25) is 9.79 Å². The number of aryl methyl sites for hydroxylation is 1. The highest BCUT2D eigenvalue weighted by molar-refractivity contribution is 6.01. The number of anilines is 1. The topological polar surface area (TPSA) is 81.6 Å². The Balaban J connectivity index is 1.28. The number of carbonyl (C=O) groups is 1. The predicted octanol–water partition coefficient (Wildman–Crippen LogP) is 5.17. The van der Waals surface area contributed by atoms with E-state index in [9.17, 15) is 4.79 Å². The number of unbranched alkanes of at least 4 members (excludes halogenated alkanes) is 2. The summed E-state index contributed by atoms with van der Waals surface area (Å²) in [6, 6.07) is 7.55. The van der Waals surface area contributed by atoms with Crippen molar-refractivity contribution in [1.29, 1.82) is 0 Å². The van der Waals surface area contributed by atoms with Gasteiger partial charge in [0.25, 0.3) is 5.91 Å². The van der Waals surface area contributed by atoms with E-state index in [2.05, 4.69) is 23.6 Å². The Morgan fingerprint density at radius 1 is 1.00 bits per heavy atom. The van der Waals surface area contributed by atoms with Crippen LogP contribution in [0.5, 0.6) is 23.0 Å². The maximum atomic E-state index is 13.1. The van der Waals surface area contributed by atoms with Crippen molar-refractivity contribution in [3.8, 4) is 23.0 Å². The van der Waals surface area contributed by atoms with Crippen LogP contribution >= 0.6 is 0 Å². The number of carbonyl (C=O) groups excluding carboxylic acids is 1. The molecule has 1 atom stereocenters. The predicted molar refractivity (Wildman–Crippen MR) is 142 cm³/mol. The van der Waals surface area contributed by atoms with Crippen LogP contribution < -0.4 is 24.3 Å². The molecule has 2 aliphatic heterocycles. The van der Waals surface area contributed by atoms with Gasteiger partial charge in [0.05, 0.1) is 50.4 Å². The maximum absolute atomic E-state index is 13.1. The lowest BCUT2D eigenvalue weighted by atomic mass is 10.1. The van der Waals surface area contributed by atoms with Gasteiger partial charge in [0.2, 0.25) is 0 Å². The molecular formula is C28H35N3O5. The van der Waals surface area contributed by atoms with Crippen LogP contribution in [0.4, 0.5) is 11.4 Å². The molecule has 0 aromatic heterocycles. The van der Waals surface area contributed by atoms with Crippen molar-refractivity contribution < 1.29 is 23.7 Å². The summed E-state index contributed by atoms with van der Waals surface area (Å²) >= 11 is 0. The molecule has 1 amide bonds. The van der Waals surface area contributed by atoms with Gasteiger partial charge in [-0.1, -0.05) is 12.2 Å². The Morgan fingerprint density at radius 2 is 1.67 bits per heavy atom. The van der Waals surface area contributed by atoms with Gasteiger partial charge in [0, 0.05) is 25.2 Å². The fourth-order valence-corrected chi connectivity index (χ4v) is 4.67. The van der Waals surface area contributed by atoms with Crippen molar-refractivity contribution in [1.82, 2.24) is 4.90 Å². The van der Waals surface area contributed by atoms with Gasteiger partial charge in [0.15, 0.2) is 23.0 Å². The summed E-state index contributed by atoms with van der Waals surface area (Å²) in [7, 11) is 3.22. The van der Waals surface area contributed by atoms with E-state index in [0.717, 1.165) is 48.2 Å². The second-order valence-electron chi connectivity index (χ2n) is 9.18. The third-order valence-corrected chi connectivity index (χ3v) is 6.64. The van der Waals surface area contributed by atoms with Crippen LogP contribution in [0.2, 0.25) is 0 Å². The summed E-state index contributed by atoms with van der Waals surface area (Å²) in [6.45, 7) is 12.0. The summed E-state index contributed by atoms with van der Waals surface area (Å²) in [5.41, 5.74) is 4.26. The molecule has 192 valence electrons. The fourth-order valence-electron chi connectivity index (χ4n) is 4.67. The summed E-state index contributed by atoms with van der Waals surface area (Å²) in [5.74, 6) is 2.55. The molecule has 2 heterocycles. The number of hydrogen-bond acceptors (Lipinski definition) is 7. The Labute approximate surface area is 212 Å². The average Bonchev–Trinajstić information content (AvgIpc) is 3.21. The smallest absolute Gasteiger partial charge is 0.256 e. The minimum absolute atomic E-state index is 0.00435. The largest absolute Gasteiger partial charge is 0.493 e. The molecule has 0 aliphatic carbocycles. The molecule has 0 radical (unpaired) electrons. The zero-order valence-corrected chi connectivity index (χ0v) is 21.4. The molecule has 0 spiro atoms. The summed E-state index contributed by atoms with van der Waals surface area (Å²) in [6.07, 6.45) is 3.50. The number of fused-ring (bicyclic) bond motifs is 2. The van der Waals surface area contributed by atoms with E-state index in [1.807, 2.05) is 30.0 Å². The van der Waals surface area contributed by atoms with Crippen LogP contribution in [-0.2, 0) is 0 Å². The summed E-state index contributed by atoms with van der Waals surface area (Å²) in [4.78, 5) is 19.0. The van der Waals surface area contributed by atoms with Crippen molar-refractivity contribution in [3.63, 3.8) is 0 Å². The van der Waals surface area contributed by atoms with Gasteiger partial charge in [-0.2, -0.15) is 0 Å². The van der Waals surface area contributed by atoms with Gasteiger partial charge in [-0.15, -0.1) is 0 Å². The number of rotatable bonds is 11. The number of aliphatic imine (C=N–C) groups is 1. The first-order chi connectivity index (χ1) is 17.4. The average molecular weight is 494 g/mol. The van der Waals surface area contributed by atoms with Gasteiger partial charge in [-0.05, 0) is 57.0 Å². The van der Waals surface area contributed by atoms with E-state index >= 15 is 0 Å². The molecule has 8 heteroatoms. The second kappa shape index (κ2) is 11.4. The number of nitrogens with zero attached hydrogens (tertiary/aromatic N) is 2. The lowest BCUT2D eigenvalue weighted by Crippen LogP contribution is -2.36. The quantitative estimate of drug-likeness (QED) is 0.264. The minimum Gasteiger partial charge on any atom is -0.493 e. The third-order valence-electron chi connectivity index (χ3n) is 6.64. The van der Waals surface area contributed by atoms with Gasteiger partial charge < -0.3 is 29.2 Å². The molecule has 2 aromatic carbocycles. The molecule has 36 heavy (non-hydrogen) atoms. The van der Waals surface area contributed by atoms with Crippen molar-refractivity contribution in [2.75, 3.05) is 45.8 Å². The first-order valence-corrected chi connectivity index (χ1v) is 12.3. The van der Waals surface area contributed by atoms with Gasteiger partial charge in [-0.25, -0.2) is 0 Å². The molecule has 1 N–H and O–H groups in total. The normalized spacial score (nSPS) is 16.5. The Hall–Kier alpha value is -3.68. The van der Waals surface area contributed by atoms with Crippen molar-refractivity contribution in [2.45, 2.75) is 38.6 Å². The first kappa shape index (κ1) is 25.4. The van der Waals surface area contributed by atoms with E-state index in [1.165, 1.54) is 0 Å². The number of methoxy groups -OCH3 is 2. The molecule has 0 bridgehead atoms. The molecule has 1 unspecified atom stereocenters. The molecule has 1 saturated heterocycles. The summed E-state index contributed by atoms with van der Waals surface area (Å²) in [5, 5.41) is 3.42. The van der Waals surface area contributed by atoms with Crippen LogP contribution in [-0.4, -0.2) is 64.1 Å². The van der Waals surface area contributed by atoms with Crippen LogP contribution in [0.25, 0.3) is 0 Å². The molecule has 2 aliphatic rings. The fraction of sp³-hybridized carbons (Fsp3) is 0.429. The number of hydrogen-bond donors (Lipinski definition) is 1. The molecule has 1 fully saturated rings. The maximum Gasteiger partial charge on any atom is 0.256 e. The Bertz CT molecular complexity index is 1150. The molecular weight excluding hydrogens is 458 g/mol. The van der Waals surface area contributed by atoms with Crippen molar-refractivity contribution in [2.24, 2.45) is 4.99 Å². The molecule has 0 saturated carbocycles. The highest BCUT2D eigenvalue weighted by Gasteiger charge is 2.35. The zero-order chi connectivity index (χ0) is 25.7. The van der Waals surface area contributed by atoms with Crippen molar-refractivity contribution >= 4 is 24.0 Å². The standard InChI is InChI=1S/C28H35N3O5/c1-18-11-20-16-30-23-15-27(25(34-5)13-21(23)28(32)31(20)17-18)36-10-8-6-7-9-35-26-14-22(29-3)19(2)12-24(26)33-4/h12-15,20,30H,1,3,6-11,16-17H2,2,4-5H3. The third kappa shape index (κ3) is 5.42. The Morgan fingerprint density at radius 3 is 2.33 bits per heavy atom. The Kier molecular flexibility index (Phi) is 8.03. The van der Waals surface area contributed by atoms with Crippen molar-refractivity contribution in [3.05, 3.63) is 47.5 Å². The van der Waals surface area contributed by atoms with E-state index in [1.54, 1.807) is 20.3 Å². The highest BCUT2D eigenvalue weighted by Crippen LogP contribution is 2.38. The molecule has 2 aromatic rings. The first-order valence-electron chi connectivity index (χ1n) is 12.3. The van der Waals surface area contributed by atoms with Crippen LogP contribution in [0.15, 0.2) is 41.4 Å². The summed E-state index contributed by atoms with van der Waals surface area (Å²) < 4.78 is 22.9. The minimum atomic E-state index is 0.00435. The van der Waals surface area contributed by atoms with Gasteiger partial charge >= 0.3 is 0 Å². The monoisotopic (exact) mass is 493 g/mol. The number of ether oxygens (including phenoxy) is 4. The lowest BCUT2D eigenvalue weighted by molar-refractivity contribution is 0.0752.